The molecule has 0 aliphatic heterocycles. The van der Waals surface area contributed by atoms with Crippen LogP contribution in [0, 0.1) is 0 Å². The lowest BCUT2D eigenvalue weighted by Crippen LogP contribution is -2.23. The Kier molecular flexibility index (Phi) is 4.60. The smallest absolute Gasteiger partial charge is 0.305 e. The van der Waals surface area contributed by atoms with Gasteiger partial charge in [0, 0.05) is 25.6 Å². The minimum atomic E-state index is -0.539. The lowest BCUT2D eigenvalue weighted by molar-refractivity contribution is -0.162. The Hall–Kier alpha value is -1.58. The summed E-state index contributed by atoms with van der Waals surface area (Å²) in [5.74, 6) is 0.126. The van der Waals surface area contributed by atoms with Crippen LogP contribution in [0.15, 0.2) is 24.4 Å². The summed E-state index contributed by atoms with van der Waals surface area (Å²) in [4.78, 5) is 14.8. The summed E-state index contributed by atoms with van der Waals surface area (Å²) in [6.07, 6.45) is 2.63. The molecular weight excluding hydrogens is 194 g/mol. The fourth-order valence-corrected chi connectivity index (χ4v) is 1.11. The van der Waals surface area contributed by atoms with Crippen molar-refractivity contribution < 1.29 is 14.3 Å². The first kappa shape index (κ1) is 11.5. The Balaban J connectivity index is 2.54. The van der Waals surface area contributed by atoms with Crippen LogP contribution in [-0.2, 0) is 9.53 Å². The predicted molar refractivity (Wildman–Crippen MR) is 55.3 cm³/mol. The Morgan fingerprint density at radius 3 is 2.87 bits per heavy atom. The summed E-state index contributed by atoms with van der Waals surface area (Å²) in [5.41, 5.74) is 0. The number of pyridine rings is 1. The van der Waals surface area contributed by atoms with Crippen molar-refractivity contribution in [2.75, 3.05) is 0 Å². The second kappa shape index (κ2) is 6.01. The molecule has 0 radical (unpaired) electrons. The molecule has 0 aromatic carbocycles. The van der Waals surface area contributed by atoms with Gasteiger partial charge < -0.3 is 9.47 Å². The Morgan fingerprint density at radius 2 is 2.33 bits per heavy atom. The van der Waals surface area contributed by atoms with Gasteiger partial charge in [0.1, 0.15) is 0 Å². The van der Waals surface area contributed by atoms with Gasteiger partial charge in [0.25, 0.3) is 0 Å². The fourth-order valence-electron chi connectivity index (χ4n) is 1.11. The maximum Gasteiger partial charge on any atom is 0.305 e. The molecule has 15 heavy (non-hydrogen) atoms. The molecule has 82 valence electrons. The first-order chi connectivity index (χ1) is 7.22. The van der Waals surface area contributed by atoms with E-state index in [0.29, 0.717) is 12.3 Å². The van der Waals surface area contributed by atoms with Gasteiger partial charge in [-0.2, -0.15) is 0 Å². The van der Waals surface area contributed by atoms with E-state index in [1.807, 2.05) is 13.0 Å². The van der Waals surface area contributed by atoms with Crippen molar-refractivity contribution in [3.8, 4) is 5.88 Å². The minimum absolute atomic E-state index is 0.343. The minimum Gasteiger partial charge on any atom is -0.438 e. The molecule has 0 aliphatic rings. The van der Waals surface area contributed by atoms with E-state index in [4.69, 9.17) is 9.47 Å². The predicted octanol–water partition coefficient (Wildman–Crippen LogP) is 2.15. The highest BCUT2D eigenvalue weighted by molar-refractivity contribution is 5.66. The monoisotopic (exact) mass is 209 g/mol. The van der Waals surface area contributed by atoms with E-state index in [1.54, 1.807) is 18.3 Å². The average Bonchev–Trinajstić information content (AvgIpc) is 2.18. The number of hydrogen-bond acceptors (Lipinski definition) is 4. The van der Waals surface area contributed by atoms with Gasteiger partial charge >= 0.3 is 5.97 Å². The van der Waals surface area contributed by atoms with Gasteiger partial charge in [-0.05, 0) is 12.5 Å². The van der Waals surface area contributed by atoms with E-state index >= 15 is 0 Å². The molecule has 4 heteroatoms. The van der Waals surface area contributed by atoms with Crippen molar-refractivity contribution in [1.82, 2.24) is 4.98 Å². The molecule has 1 heterocycles. The van der Waals surface area contributed by atoms with Crippen LogP contribution in [0.25, 0.3) is 0 Å². The van der Waals surface area contributed by atoms with Crippen molar-refractivity contribution in [2.24, 2.45) is 0 Å². The van der Waals surface area contributed by atoms with Crippen molar-refractivity contribution in [3.63, 3.8) is 0 Å². The number of nitrogens with zero attached hydrogens (tertiary/aromatic N) is 1. The van der Waals surface area contributed by atoms with Crippen LogP contribution in [0.4, 0.5) is 0 Å². The summed E-state index contributed by atoms with van der Waals surface area (Å²) >= 11 is 0. The van der Waals surface area contributed by atoms with Gasteiger partial charge in [-0.25, -0.2) is 4.98 Å². The number of hydrogen-bond donors (Lipinski definition) is 0. The molecular formula is C11H15NO3. The molecule has 1 aromatic rings. The zero-order valence-electron chi connectivity index (χ0n) is 8.97. The van der Waals surface area contributed by atoms with Gasteiger partial charge in [0.2, 0.25) is 12.2 Å². The summed E-state index contributed by atoms with van der Waals surface area (Å²) in [6.45, 7) is 3.36. The normalized spacial score (nSPS) is 11.9. The average molecular weight is 209 g/mol. The van der Waals surface area contributed by atoms with Crippen LogP contribution in [0.1, 0.15) is 26.7 Å². The number of aromatic nitrogens is 1. The van der Waals surface area contributed by atoms with Crippen LogP contribution in [0.5, 0.6) is 5.88 Å². The molecule has 0 saturated carbocycles. The SMILES string of the molecule is CCCC(OC(C)=O)Oc1ccccn1. The molecule has 0 aliphatic carbocycles. The molecule has 0 fully saturated rings. The molecule has 1 atom stereocenters. The lowest BCUT2D eigenvalue weighted by Gasteiger charge is -2.16. The van der Waals surface area contributed by atoms with E-state index < -0.39 is 6.29 Å². The Morgan fingerprint density at radius 1 is 1.53 bits per heavy atom. The van der Waals surface area contributed by atoms with Crippen LogP contribution >= 0.6 is 0 Å². The first-order valence-corrected chi connectivity index (χ1v) is 4.97. The van der Waals surface area contributed by atoms with Crippen molar-refractivity contribution >= 4 is 5.97 Å². The third kappa shape index (κ3) is 4.44. The fraction of sp³-hybridized carbons (Fsp3) is 0.455. The number of esters is 1. The van der Waals surface area contributed by atoms with Crippen LogP contribution in [-0.4, -0.2) is 17.2 Å². The van der Waals surface area contributed by atoms with E-state index in [2.05, 4.69) is 4.98 Å². The molecule has 1 unspecified atom stereocenters. The molecule has 1 rings (SSSR count). The molecule has 0 spiro atoms. The first-order valence-electron chi connectivity index (χ1n) is 4.97. The third-order valence-electron chi connectivity index (χ3n) is 1.71. The summed E-state index contributed by atoms with van der Waals surface area (Å²) in [5, 5.41) is 0. The summed E-state index contributed by atoms with van der Waals surface area (Å²) < 4.78 is 10.4. The second-order valence-corrected chi connectivity index (χ2v) is 3.11. The van der Waals surface area contributed by atoms with Crippen molar-refractivity contribution in [3.05, 3.63) is 24.4 Å². The number of rotatable bonds is 5. The topological polar surface area (TPSA) is 48.4 Å². The summed E-state index contributed by atoms with van der Waals surface area (Å²) in [7, 11) is 0. The number of carbonyl (C=O) groups excluding carboxylic acids is 1. The van der Waals surface area contributed by atoms with Gasteiger partial charge in [-0.1, -0.05) is 13.0 Å². The molecule has 4 nitrogen and oxygen atoms in total. The Labute approximate surface area is 89.2 Å². The highest BCUT2D eigenvalue weighted by Crippen LogP contribution is 2.11. The van der Waals surface area contributed by atoms with E-state index in [1.165, 1.54) is 6.92 Å². The third-order valence-corrected chi connectivity index (χ3v) is 1.71. The largest absolute Gasteiger partial charge is 0.438 e. The maximum absolute atomic E-state index is 10.8. The van der Waals surface area contributed by atoms with Crippen LogP contribution in [0.2, 0.25) is 0 Å². The zero-order chi connectivity index (χ0) is 11.1. The van der Waals surface area contributed by atoms with E-state index in [0.717, 1.165) is 6.42 Å². The second-order valence-electron chi connectivity index (χ2n) is 3.11. The summed E-state index contributed by atoms with van der Waals surface area (Å²) in [6, 6.07) is 5.35. The van der Waals surface area contributed by atoms with E-state index in [9.17, 15) is 4.79 Å². The van der Waals surface area contributed by atoms with Crippen molar-refractivity contribution in [2.45, 2.75) is 33.0 Å². The van der Waals surface area contributed by atoms with Crippen LogP contribution < -0.4 is 4.74 Å². The molecule has 1 aromatic heterocycles. The van der Waals surface area contributed by atoms with Gasteiger partial charge in [0.05, 0.1) is 0 Å². The van der Waals surface area contributed by atoms with Crippen LogP contribution in [0.3, 0.4) is 0 Å². The maximum atomic E-state index is 10.8. The number of carbonyl (C=O) groups is 1. The Bertz CT molecular complexity index is 300. The standard InChI is InChI=1S/C11H15NO3/c1-3-6-11(14-9(2)13)15-10-7-4-5-8-12-10/h4-5,7-8,11H,3,6H2,1-2H3. The zero-order valence-corrected chi connectivity index (χ0v) is 8.97. The van der Waals surface area contributed by atoms with Gasteiger partial charge in [-0.3, -0.25) is 4.79 Å². The quantitative estimate of drug-likeness (QED) is 0.550. The van der Waals surface area contributed by atoms with Gasteiger partial charge in [0.15, 0.2) is 0 Å². The molecule has 0 N–H and O–H groups in total. The van der Waals surface area contributed by atoms with E-state index in [-0.39, 0.29) is 5.97 Å². The van der Waals surface area contributed by atoms with Crippen molar-refractivity contribution in [1.29, 1.82) is 0 Å². The lowest BCUT2D eigenvalue weighted by atomic mass is 10.3. The molecule has 0 bridgehead atoms. The highest BCUT2D eigenvalue weighted by atomic mass is 16.7. The van der Waals surface area contributed by atoms with Gasteiger partial charge in [-0.15, -0.1) is 0 Å². The molecule has 0 saturated heterocycles. The number of ether oxygens (including phenoxy) is 2. The highest BCUT2D eigenvalue weighted by Gasteiger charge is 2.12. The molecule has 0 amide bonds.